The number of aliphatic hydroxyl groups is 1. The molecule has 6 nitrogen and oxygen atoms in total. The lowest BCUT2D eigenvalue weighted by atomic mass is 9.94. The van der Waals surface area contributed by atoms with Crippen molar-refractivity contribution >= 4 is 17.5 Å². The number of nitrogens with one attached hydrogen (secondary N) is 1. The summed E-state index contributed by atoms with van der Waals surface area (Å²) in [6, 6.07) is 17.9. The predicted octanol–water partition coefficient (Wildman–Crippen LogP) is 3.16. The summed E-state index contributed by atoms with van der Waals surface area (Å²) in [6.07, 6.45) is 1.22. The number of hydrogen-bond donors (Lipinski definition) is 2. The van der Waals surface area contributed by atoms with Crippen molar-refractivity contribution in [1.29, 1.82) is 0 Å². The Morgan fingerprint density at radius 3 is 2.69 bits per heavy atom. The molecule has 0 bridgehead atoms. The van der Waals surface area contributed by atoms with Crippen LogP contribution in [0, 0.1) is 0 Å². The van der Waals surface area contributed by atoms with Gasteiger partial charge >= 0.3 is 0 Å². The number of amides is 1. The third-order valence-corrected chi connectivity index (χ3v) is 6.53. The van der Waals surface area contributed by atoms with Gasteiger partial charge in [0, 0.05) is 30.7 Å². The molecule has 2 N–H and O–H groups in total. The van der Waals surface area contributed by atoms with E-state index in [9.17, 15) is 9.90 Å². The van der Waals surface area contributed by atoms with Crippen LogP contribution in [0.4, 0.5) is 0 Å². The molecule has 0 spiro atoms. The second kappa shape index (κ2) is 11.3. The minimum absolute atomic E-state index is 0.0447. The van der Waals surface area contributed by atoms with Gasteiger partial charge in [0.2, 0.25) is 5.91 Å². The summed E-state index contributed by atoms with van der Waals surface area (Å²) in [7, 11) is 0. The van der Waals surface area contributed by atoms with Gasteiger partial charge in [-0.1, -0.05) is 60.1 Å². The van der Waals surface area contributed by atoms with E-state index < -0.39 is 6.10 Å². The van der Waals surface area contributed by atoms with Crippen LogP contribution >= 0.6 is 11.6 Å². The van der Waals surface area contributed by atoms with Crippen molar-refractivity contribution < 1.29 is 19.4 Å². The van der Waals surface area contributed by atoms with Crippen LogP contribution in [-0.2, 0) is 27.4 Å². The van der Waals surface area contributed by atoms with Gasteiger partial charge in [-0.3, -0.25) is 9.69 Å². The number of aliphatic hydroxyl groups excluding tert-OH is 1. The maximum absolute atomic E-state index is 12.5. The Bertz CT molecular complexity index is 881. The van der Waals surface area contributed by atoms with Crippen molar-refractivity contribution in [2.45, 2.75) is 56.7 Å². The van der Waals surface area contributed by atoms with Crippen LogP contribution in [0.25, 0.3) is 0 Å². The Balaban J connectivity index is 1.34. The third-order valence-electron chi connectivity index (χ3n) is 6.16. The van der Waals surface area contributed by atoms with Gasteiger partial charge in [0.05, 0.1) is 37.9 Å². The normalized spacial score (nSPS) is 26.6. The molecular weight excluding hydrogens is 428 g/mol. The van der Waals surface area contributed by atoms with Crippen LogP contribution in [-0.4, -0.2) is 60.0 Å². The molecule has 0 unspecified atom stereocenters. The summed E-state index contributed by atoms with van der Waals surface area (Å²) >= 11 is 6.17. The first-order valence-corrected chi connectivity index (χ1v) is 11.7. The summed E-state index contributed by atoms with van der Waals surface area (Å²) in [4.78, 5) is 14.8. The Labute approximate surface area is 194 Å². The summed E-state index contributed by atoms with van der Waals surface area (Å²) < 4.78 is 12.1. The van der Waals surface area contributed by atoms with Crippen molar-refractivity contribution in [3.63, 3.8) is 0 Å². The molecule has 0 radical (unpaired) electrons. The van der Waals surface area contributed by atoms with Gasteiger partial charge in [-0.2, -0.15) is 0 Å². The molecule has 2 aliphatic heterocycles. The number of hydrogen-bond acceptors (Lipinski definition) is 5. The minimum Gasteiger partial charge on any atom is -0.389 e. The Morgan fingerprint density at radius 1 is 1.09 bits per heavy atom. The molecule has 2 aliphatic rings. The van der Waals surface area contributed by atoms with Crippen molar-refractivity contribution in [2.24, 2.45) is 0 Å². The lowest BCUT2D eigenvalue weighted by Crippen LogP contribution is -2.55. The van der Waals surface area contributed by atoms with Gasteiger partial charge in [-0.25, -0.2) is 0 Å². The molecule has 2 aromatic carbocycles. The lowest BCUT2D eigenvalue weighted by Gasteiger charge is -2.44. The molecule has 0 aliphatic carbocycles. The lowest BCUT2D eigenvalue weighted by molar-refractivity contribution is -0.158. The van der Waals surface area contributed by atoms with E-state index in [1.165, 1.54) is 5.56 Å². The van der Waals surface area contributed by atoms with Crippen LogP contribution in [0.3, 0.4) is 0 Å². The Kier molecular flexibility index (Phi) is 8.16. The highest BCUT2D eigenvalue weighted by Crippen LogP contribution is 2.28. The smallest absolute Gasteiger partial charge is 0.222 e. The minimum atomic E-state index is -0.520. The number of benzene rings is 2. The van der Waals surface area contributed by atoms with Gasteiger partial charge < -0.3 is 19.9 Å². The van der Waals surface area contributed by atoms with Crippen molar-refractivity contribution in [2.75, 3.05) is 19.8 Å². The van der Waals surface area contributed by atoms with Crippen molar-refractivity contribution in [3.8, 4) is 0 Å². The van der Waals surface area contributed by atoms with E-state index in [0.717, 1.165) is 24.9 Å². The number of nitrogens with zero attached hydrogens (tertiary/aromatic N) is 1. The highest BCUT2D eigenvalue weighted by atomic mass is 35.5. The highest BCUT2D eigenvalue weighted by Gasteiger charge is 2.38. The highest BCUT2D eigenvalue weighted by molar-refractivity contribution is 6.31. The molecular formula is C25H31ClN2O4. The number of β-amino-alcohol motifs (C(OH)–C–C–N with tert-alkyl or cyclic N) is 1. The summed E-state index contributed by atoms with van der Waals surface area (Å²) in [5.74, 6) is -0.0447. The first kappa shape index (κ1) is 23.2. The topological polar surface area (TPSA) is 71.0 Å². The SMILES string of the molecule is O=C(C[C@H]1CC[C@H]2[C@@H](COC[C@@H](O)CN2Cc2ccccc2)O1)NCc1ccccc1Cl. The zero-order valence-electron chi connectivity index (χ0n) is 18.2. The zero-order valence-corrected chi connectivity index (χ0v) is 18.9. The quantitative estimate of drug-likeness (QED) is 0.695. The first-order chi connectivity index (χ1) is 15.6. The molecule has 7 heteroatoms. The number of rotatable bonds is 6. The monoisotopic (exact) mass is 458 g/mol. The second-order valence-electron chi connectivity index (χ2n) is 8.62. The fourth-order valence-electron chi connectivity index (χ4n) is 4.56. The molecule has 1 amide bonds. The molecule has 2 saturated heterocycles. The van der Waals surface area contributed by atoms with E-state index in [2.05, 4.69) is 22.3 Å². The van der Waals surface area contributed by atoms with Crippen molar-refractivity contribution in [3.05, 3.63) is 70.7 Å². The van der Waals surface area contributed by atoms with E-state index in [4.69, 9.17) is 21.1 Å². The molecule has 172 valence electrons. The van der Waals surface area contributed by atoms with Gasteiger partial charge in [0.15, 0.2) is 0 Å². The number of ether oxygens (including phenoxy) is 2. The standard InChI is InChI=1S/C25H31ClN2O4/c26-22-9-5-4-8-19(22)13-27-25(30)12-21-10-11-23-24(32-21)17-31-16-20(29)15-28(23)14-18-6-2-1-3-7-18/h1-9,20-21,23-24,29H,10-17H2,(H,27,30)/t20-,21+,23-,24+/m0/s1. The number of fused-ring (bicyclic) bond motifs is 1. The average Bonchev–Trinajstić information content (AvgIpc) is 2.78. The van der Waals surface area contributed by atoms with Crippen LogP contribution in [0.15, 0.2) is 54.6 Å². The van der Waals surface area contributed by atoms with Gasteiger partial charge in [-0.15, -0.1) is 0 Å². The summed E-state index contributed by atoms with van der Waals surface area (Å²) in [5, 5.41) is 13.9. The van der Waals surface area contributed by atoms with Gasteiger partial charge in [0.1, 0.15) is 0 Å². The van der Waals surface area contributed by atoms with Crippen molar-refractivity contribution in [1.82, 2.24) is 10.2 Å². The number of carbonyl (C=O) groups is 1. The maximum Gasteiger partial charge on any atom is 0.222 e. The average molecular weight is 459 g/mol. The molecule has 4 rings (SSSR count). The van der Waals surface area contributed by atoms with E-state index in [1.54, 1.807) is 0 Å². The van der Waals surface area contributed by atoms with Crippen LogP contribution < -0.4 is 5.32 Å². The maximum atomic E-state index is 12.5. The molecule has 4 atom stereocenters. The van der Waals surface area contributed by atoms with Crippen LogP contribution in [0.5, 0.6) is 0 Å². The van der Waals surface area contributed by atoms with E-state index >= 15 is 0 Å². The molecule has 2 aromatic rings. The van der Waals surface area contributed by atoms with Crippen LogP contribution in [0.2, 0.25) is 5.02 Å². The largest absolute Gasteiger partial charge is 0.389 e. The summed E-state index contributed by atoms with van der Waals surface area (Å²) in [6.45, 7) is 2.42. The number of halogens is 1. The molecule has 0 saturated carbocycles. The third kappa shape index (κ3) is 6.30. The summed E-state index contributed by atoms with van der Waals surface area (Å²) in [5.41, 5.74) is 2.11. The Morgan fingerprint density at radius 2 is 1.88 bits per heavy atom. The number of carbonyl (C=O) groups excluding carboxylic acids is 1. The van der Waals surface area contributed by atoms with E-state index in [0.29, 0.717) is 37.7 Å². The fourth-order valence-corrected chi connectivity index (χ4v) is 4.76. The molecule has 2 fully saturated rings. The molecule has 32 heavy (non-hydrogen) atoms. The van der Waals surface area contributed by atoms with Gasteiger partial charge in [0.25, 0.3) is 0 Å². The van der Waals surface area contributed by atoms with Gasteiger partial charge in [-0.05, 0) is 30.0 Å². The molecule has 0 aromatic heterocycles. The fraction of sp³-hybridized carbons (Fsp3) is 0.480. The molecule has 2 heterocycles. The van der Waals surface area contributed by atoms with E-state index in [1.807, 2.05) is 42.5 Å². The van der Waals surface area contributed by atoms with Crippen LogP contribution in [0.1, 0.15) is 30.4 Å². The zero-order chi connectivity index (χ0) is 22.3. The Hall–Kier alpha value is -1.96. The first-order valence-electron chi connectivity index (χ1n) is 11.3. The second-order valence-corrected chi connectivity index (χ2v) is 9.03. The van der Waals surface area contributed by atoms with E-state index in [-0.39, 0.29) is 24.2 Å². The predicted molar refractivity (Wildman–Crippen MR) is 123 cm³/mol.